The van der Waals surface area contributed by atoms with E-state index in [1.54, 1.807) is 31.4 Å². The molecule has 0 radical (unpaired) electrons. The first-order valence-corrected chi connectivity index (χ1v) is 9.29. The average Bonchev–Trinajstić information content (AvgIpc) is 3.22. The first-order valence-electron chi connectivity index (χ1n) is 9.29. The third-order valence-corrected chi connectivity index (χ3v) is 4.09. The average molecular weight is 410 g/mol. The minimum Gasteiger partial charge on any atom is -0.496 e. The number of ether oxygens (including phenoxy) is 2. The summed E-state index contributed by atoms with van der Waals surface area (Å²) in [5.74, 6) is 0.607. The van der Waals surface area contributed by atoms with Crippen molar-refractivity contribution in [1.29, 1.82) is 0 Å². The normalized spacial score (nSPS) is 10.3. The zero-order valence-electron chi connectivity index (χ0n) is 16.7. The predicted octanol–water partition coefficient (Wildman–Crippen LogP) is 2.59. The van der Waals surface area contributed by atoms with Crippen LogP contribution in [0.1, 0.15) is 29.0 Å². The van der Waals surface area contributed by atoms with Crippen molar-refractivity contribution in [3.05, 3.63) is 65.8 Å². The molecular weight excluding hydrogens is 388 g/mol. The second-order valence-corrected chi connectivity index (χ2v) is 6.30. The Balaban J connectivity index is 1.52. The molecule has 3 rings (SSSR count). The Labute approximate surface area is 173 Å². The number of aromatic nitrogens is 2. The molecule has 3 aromatic rings. The number of rotatable bonds is 9. The summed E-state index contributed by atoms with van der Waals surface area (Å²) in [6.07, 6.45) is 0.597. The maximum atomic E-state index is 12.2. The van der Waals surface area contributed by atoms with Gasteiger partial charge in [0.15, 0.2) is 6.61 Å². The van der Waals surface area contributed by atoms with E-state index in [1.807, 2.05) is 24.3 Å². The van der Waals surface area contributed by atoms with E-state index < -0.39 is 5.91 Å². The molecule has 30 heavy (non-hydrogen) atoms. The van der Waals surface area contributed by atoms with Gasteiger partial charge in [-0.3, -0.25) is 9.59 Å². The van der Waals surface area contributed by atoms with Crippen LogP contribution in [0.25, 0.3) is 0 Å². The van der Waals surface area contributed by atoms with Crippen LogP contribution in [0.5, 0.6) is 11.5 Å². The quantitative estimate of drug-likeness (QED) is 0.557. The summed E-state index contributed by atoms with van der Waals surface area (Å²) in [6.45, 7) is 1.78. The fourth-order valence-corrected chi connectivity index (χ4v) is 2.73. The number of hydrogen-bond acceptors (Lipinski definition) is 7. The lowest BCUT2D eigenvalue weighted by Crippen LogP contribution is -2.26. The minimum atomic E-state index is -0.470. The second kappa shape index (κ2) is 10.1. The van der Waals surface area contributed by atoms with Crippen LogP contribution in [-0.2, 0) is 17.8 Å². The Bertz CT molecular complexity index is 1020. The number of benzene rings is 2. The van der Waals surface area contributed by atoms with Crippen LogP contribution in [-0.4, -0.2) is 35.6 Å². The summed E-state index contributed by atoms with van der Waals surface area (Å²) >= 11 is 0. The van der Waals surface area contributed by atoms with E-state index in [9.17, 15) is 9.59 Å². The molecule has 9 nitrogen and oxygen atoms in total. The van der Waals surface area contributed by atoms with E-state index in [0.717, 1.165) is 11.3 Å². The van der Waals surface area contributed by atoms with Crippen molar-refractivity contribution >= 4 is 17.5 Å². The number of nitrogens with one attached hydrogen (secondary N) is 2. The summed E-state index contributed by atoms with van der Waals surface area (Å²) < 4.78 is 15.9. The highest BCUT2D eigenvalue weighted by Gasteiger charge is 2.16. The van der Waals surface area contributed by atoms with Crippen molar-refractivity contribution in [3.8, 4) is 11.5 Å². The molecular formula is C21H22N4O5. The van der Waals surface area contributed by atoms with Gasteiger partial charge in [0, 0.05) is 13.5 Å². The van der Waals surface area contributed by atoms with Gasteiger partial charge in [-0.2, -0.15) is 4.98 Å². The van der Waals surface area contributed by atoms with Crippen molar-refractivity contribution in [2.24, 2.45) is 0 Å². The van der Waals surface area contributed by atoms with Gasteiger partial charge < -0.3 is 24.6 Å². The van der Waals surface area contributed by atoms with Crippen LogP contribution < -0.4 is 20.1 Å². The molecule has 2 N–H and O–H groups in total. The molecule has 0 aliphatic carbocycles. The molecule has 0 aliphatic rings. The first kappa shape index (κ1) is 20.8. The molecule has 156 valence electrons. The molecule has 0 unspecified atom stereocenters. The third kappa shape index (κ3) is 5.57. The van der Waals surface area contributed by atoms with Crippen molar-refractivity contribution < 1.29 is 23.6 Å². The predicted molar refractivity (Wildman–Crippen MR) is 108 cm³/mol. The summed E-state index contributed by atoms with van der Waals surface area (Å²) in [6, 6.07) is 14.6. The van der Waals surface area contributed by atoms with Crippen LogP contribution >= 0.6 is 0 Å². The Morgan fingerprint density at radius 1 is 1.07 bits per heavy atom. The van der Waals surface area contributed by atoms with E-state index in [2.05, 4.69) is 20.8 Å². The molecule has 2 aromatic carbocycles. The highest BCUT2D eigenvalue weighted by Crippen LogP contribution is 2.24. The van der Waals surface area contributed by atoms with Crippen molar-refractivity contribution in [2.45, 2.75) is 20.0 Å². The van der Waals surface area contributed by atoms with Gasteiger partial charge in [-0.1, -0.05) is 35.5 Å². The number of methoxy groups -OCH3 is 1. The van der Waals surface area contributed by atoms with Gasteiger partial charge in [-0.15, -0.1) is 0 Å². The Kier molecular flexibility index (Phi) is 6.99. The molecule has 0 saturated heterocycles. The van der Waals surface area contributed by atoms with Crippen LogP contribution in [0, 0.1) is 0 Å². The highest BCUT2D eigenvalue weighted by molar-refractivity contribution is 5.90. The third-order valence-electron chi connectivity index (χ3n) is 4.09. The van der Waals surface area contributed by atoms with Gasteiger partial charge in [0.05, 0.1) is 12.8 Å². The van der Waals surface area contributed by atoms with Crippen molar-refractivity contribution in [1.82, 2.24) is 15.5 Å². The van der Waals surface area contributed by atoms with Gasteiger partial charge >= 0.3 is 11.8 Å². The number of carbonyl (C=O) groups is 2. The van der Waals surface area contributed by atoms with Gasteiger partial charge in [0.25, 0.3) is 0 Å². The molecule has 0 spiro atoms. The molecule has 0 aliphatic heterocycles. The number of hydrogen-bond donors (Lipinski definition) is 2. The van der Waals surface area contributed by atoms with Crippen molar-refractivity contribution in [2.75, 3.05) is 19.0 Å². The van der Waals surface area contributed by atoms with E-state index >= 15 is 0 Å². The molecule has 1 heterocycles. The summed E-state index contributed by atoms with van der Waals surface area (Å²) in [5, 5.41) is 9.17. The van der Waals surface area contributed by atoms with E-state index in [-0.39, 0.29) is 24.2 Å². The van der Waals surface area contributed by atoms with Gasteiger partial charge in [0.1, 0.15) is 11.5 Å². The standard InChI is InChI=1S/C21H22N4O5/c1-14(26)23-16-8-4-6-10-18(16)29-13-19-24-21(30-25-19)20(27)22-12-11-15-7-3-5-9-17(15)28-2/h3-10H,11-13H2,1-2H3,(H,22,27)(H,23,26). The topological polar surface area (TPSA) is 116 Å². The number of anilines is 1. The largest absolute Gasteiger partial charge is 0.496 e. The second-order valence-electron chi connectivity index (χ2n) is 6.30. The summed E-state index contributed by atoms with van der Waals surface area (Å²) in [4.78, 5) is 27.5. The smallest absolute Gasteiger partial charge is 0.316 e. The lowest BCUT2D eigenvalue weighted by molar-refractivity contribution is -0.114. The minimum absolute atomic E-state index is 0.0193. The fraction of sp³-hybridized carbons (Fsp3) is 0.238. The number of amides is 2. The van der Waals surface area contributed by atoms with Crippen LogP contribution in [0.2, 0.25) is 0 Å². The maximum Gasteiger partial charge on any atom is 0.316 e. The lowest BCUT2D eigenvalue weighted by atomic mass is 10.1. The van der Waals surface area contributed by atoms with Crippen LogP contribution in [0.15, 0.2) is 53.1 Å². The van der Waals surface area contributed by atoms with Crippen molar-refractivity contribution in [3.63, 3.8) is 0 Å². The molecule has 0 bridgehead atoms. The van der Waals surface area contributed by atoms with Crippen LogP contribution in [0.3, 0.4) is 0 Å². The van der Waals surface area contributed by atoms with Gasteiger partial charge in [-0.25, -0.2) is 0 Å². The zero-order valence-corrected chi connectivity index (χ0v) is 16.7. The SMILES string of the molecule is COc1ccccc1CCNC(=O)c1nc(COc2ccccc2NC(C)=O)no1. The van der Waals surface area contributed by atoms with E-state index in [0.29, 0.717) is 24.4 Å². The molecule has 0 saturated carbocycles. The maximum absolute atomic E-state index is 12.2. The molecule has 1 aromatic heterocycles. The zero-order chi connectivity index (χ0) is 21.3. The molecule has 9 heteroatoms. The molecule has 0 atom stereocenters. The highest BCUT2D eigenvalue weighted by atomic mass is 16.5. The Morgan fingerprint density at radius 2 is 1.80 bits per heavy atom. The monoisotopic (exact) mass is 410 g/mol. The molecule has 2 amide bonds. The van der Waals surface area contributed by atoms with Gasteiger partial charge in [-0.05, 0) is 30.2 Å². The Morgan fingerprint density at radius 3 is 2.57 bits per heavy atom. The fourth-order valence-electron chi connectivity index (χ4n) is 2.73. The van der Waals surface area contributed by atoms with Crippen LogP contribution in [0.4, 0.5) is 5.69 Å². The number of carbonyl (C=O) groups excluding carboxylic acids is 2. The molecule has 0 fully saturated rings. The number of para-hydroxylation sites is 3. The lowest BCUT2D eigenvalue weighted by Gasteiger charge is -2.09. The van der Waals surface area contributed by atoms with Gasteiger partial charge in [0.2, 0.25) is 11.7 Å². The van der Waals surface area contributed by atoms with E-state index in [1.165, 1.54) is 6.92 Å². The summed E-state index contributed by atoms with van der Waals surface area (Å²) in [5.41, 5.74) is 1.51. The Hall–Kier alpha value is -3.88. The first-order chi connectivity index (χ1) is 14.6. The van der Waals surface area contributed by atoms with E-state index in [4.69, 9.17) is 14.0 Å². The summed E-state index contributed by atoms with van der Waals surface area (Å²) in [7, 11) is 1.61. The number of nitrogens with zero attached hydrogens (tertiary/aromatic N) is 2.